The van der Waals surface area contributed by atoms with E-state index in [0.717, 1.165) is 0 Å². The molecule has 1 atom stereocenters. The van der Waals surface area contributed by atoms with E-state index in [4.69, 9.17) is 33.4 Å². The molecule has 2 N–H and O–H groups in total. The van der Waals surface area contributed by atoms with Crippen molar-refractivity contribution < 1.29 is 19.8 Å². The standard InChI is InChI=1S/C3H6Cl2.2C3H6O2/c3*1-3(5)2-4/h3H,2H2,1H3;2*4H,2H2,1H3. The van der Waals surface area contributed by atoms with Gasteiger partial charge >= 0.3 is 0 Å². The van der Waals surface area contributed by atoms with Crippen LogP contribution in [0, 0.1) is 0 Å². The number of rotatable bonds is 3. The maximum absolute atomic E-state index is 9.56. The maximum Gasteiger partial charge on any atom is 0.155 e. The minimum absolute atomic E-state index is 0.122. The van der Waals surface area contributed by atoms with E-state index in [1.165, 1.54) is 13.8 Å². The highest BCUT2D eigenvalue weighted by Gasteiger charge is 1.85. The third kappa shape index (κ3) is 56.9. The molecule has 92 valence electrons. The number of carbonyl (C=O) groups excluding carboxylic acids is 2. The van der Waals surface area contributed by atoms with Crippen molar-refractivity contribution in [2.24, 2.45) is 0 Å². The minimum Gasteiger partial charge on any atom is -0.389 e. The zero-order valence-electron chi connectivity index (χ0n) is 9.17. The number of carbonyl (C=O) groups is 2. The van der Waals surface area contributed by atoms with Gasteiger partial charge in [-0.3, -0.25) is 9.59 Å². The van der Waals surface area contributed by atoms with Crippen molar-refractivity contribution in [2.75, 3.05) is 19.1 Å². The van der Waals surface area contributed by atoms with E-state index in [1.54, 1.807) is 0 Å². The second kappa shape index (κ2) is 16.3. The van der Waals surface area contributed by atoms with Gasteiger partial charge in [-0.1, -0.05) is 0 Å². The first-order valence-electron chi connectivity index (χ1n) is 4.22. The summed E-state index contributed by atoms with van der Waals surface area (Å²) in [4.78, 5) is 19.1. The molecule has 0 saturated heterocycles. The number of aliphatic hydroxyl groups is 2. The van der Waals surface area contributed by atoms with E-state index < -0.39 is 0 Å². The van der Waals surface area contributed by atoms with Gasteiger partial charge in [-0.25, -0.2) is 0 Å². The lowest BCUT2D eigenvalue weighted by atomic mass is 10.5. The van der Waals surface area contributed by atoms with Crippen molar-refractivity contribution in [2.45, 2.75) is 26.1 Å². The average Bonchev–Trinajstić information content (AvgIpc) is 2.19. The van der Waals surface area contributed by atoms with Crippen LogP contribution >= 0.6 is 23.2 Å². The van der Waals surface area contributed by atoms with Gasteiger partial charge in [0.25, 0.3) is 0 Å². The van der Waals surface area contributed by atoms with Crippen LogP contribution in [0.3, 0.4) is 0 Å². The molecule has 0 aliphatic heterocycles. The van der Waals surface area contributed by atoms with Crippen molar-refractivity contribution in [1.82, 2.24) is 0 Å². The molecule has 0 radical (unpaired) electrons. The Morgan fingerprint density at radius 2 is 1.27 bits per heavy atom. The third-order valence-corrected chi connectivity index (χ3v) is 1.43. The average molecular weight is 261 g/mol. The van der Waals surface area contributed by atoms with E-state index in [-0.39, 0.29) is 30.2 Å². The fourth-order valence-corrected chi connectivity index (χ4v) is 0. The molecular weight excluding hydrogens is 243 g/mol. The molecular formula is C9H18Cl2O4. The van der Waals surface area contributed by atoms with Gasteiger partial charge in [0.05, 0.1) is 0 Å². The van der Waals surface area contributed by atoms with Gasteiger partial charge in [-0.05, 0) is 20.8 Å². The minimum atomic E-state index is -0.333. The van der Waals surface area contributed by atoms with Crippen molar-refractivity contribution in [3.05, 3.63) is 0 Å². The van der Waals surface area contributed by atoms with E-state index >= 15 is 0 Å². The first-order chi connectivity index (χ1) is 6.81. The molecule has 6 heteroatoms. The van der Waals surface area contributed by atoms with E-state index in [0.29, 0.717) is 5.88 Å². The van der Waals surface area contributed by atoms with Crippen LogP contribution in [0.15, 0.2) is 0 Å². The van der Waals surface area contributed by atoms with Crippen molar-refractivity contribution in [3.8, 4) is 0 Å². The molecule has 4 nitrogen and oxygen atoms in total. The Labute approximate surface area is 100 Å². The number of Topliss-reactive ketones (excluding diaryl/α,β-unsaturated/α-hetero) is 2. The van der Waals surface area contributed by atoms with Crippen LogP contribution in [-0.4, -0.2) is 46.3 Å². The van der Waals surface area contributed by atoms with Gasteiger partial charge in [0.2, 0.25) is 0 Å². The summed E-state index contributed by atoms with van der Waals surface area (Å²) in [5, 5.41) is 15.7. The predicted octanol–water partition coefficient (Wildman–Crippen LogP) is 0.988. The molecule has 0 amide bonds. The highest BCUT2D eigenvalue weighted by atomic mass is 35.5. The summed E-state index contributed by atoms with van der Waals surface area (Å²) in [5.41, 5.74) is 0. The maximum atomic E-state index is 9.56. The number of hydrogen-bond acceptors (Lipinski definition) is 4. The van der Waals surface area contributed by atoms with Crippen LogP contribution in [0.4, 0.5) is 0 Å². The molecule has 0 bridgehead atoms. The van der Waals surface area contributed by atoms with Gasteiger partial charge in [-0.15, -0.1) is 23.2 Å². The quantitative estimate of drug-likeness (QED) is 0.743. The first kappa shape index (κ1) is 20.3. The molecule has 15 heavy (non-hydrogen) atoms. The summed E-state index contributed by atoms with van der Waals surface area (Å²) in [6.45, 7) is 3.86. The Bertz CT molecular complexity index is 146. The van der Waals surface area contributed by atoms with Crippen LogP contribution in [-0.2, 0) is 9.59 Å². The summed E-state index contributed by atoms with van der Waals surface area (Å²) in [5.74, 6) is 0.164. The largest absolute Gasteiger partial charge is 0.389 e. The van der Waals surface area contributed by atoms with Crippen LogP contribution < -0.4 is 0 Å². The number of alkyl halides is 2. The zero-order chi connectivity index (χ0) is 12.9. The monoisotopic (exact) mass is 260 g/mol. The Morgan fingerprint density at radius 3 is 1.27 bits per heavy atom. The second-order valence-corrected chi connectivity index (χ2v) is 3.71. The van der Waals surface area contributed by atoms with Crippen LogP contribution in [0.2, 0.25) is 0 Å². The molecule has 0 aliphatic rings. The Morgan fingerprint density at radius 1 is 1.13 bits per heavy atom. The lowest BCUT2D eigenvalue weighted by Gasteiger charge is -1.85. The van der Waals surface area contributed by atoms with Crippen molar-refractivity contribution >= 4 is 34.8 Å². The summed E-state index contributed by atoms with van der Waals surface area (Å²) < 4.78 is 0. The molecule has 0 fully saturated rings. The molecule has 0 aliphatic carbocycles. The SMILES string of the molecule is CC(=O)CO.CC(=O)CO.CC(Cl)CCl. The normalized spacial score (nSPS) is 10.1. The van der Waals surface area contributed by atoms with Gasteiger partial charge in [0.1, 0.15) is 13.2 Å². The van der Waals surface area contributed by atoms with Crippen molar-refractivity contribution in [1.29, 1.82) is 0 Å². The van der Waals surface area contributed by atoms with Crippen LogP contribution in [0.5, 0.6) is 0 Å². The first-order valence-corrected chi connectivity index (χ1v) is 5.19. The molecule has 0 spiro atoms. The van der Waals surface area contributed by atoms with Crippen molar-refractivity contribution in [3.63, 3.8) is 0 Å². The third-order valence-electron chi connectivity index (χ3n) is 0.658. The molecule has 0 aromatic rings. The molecule has 0 aromatic heterocycles. The number of ketones is 2. The summed E-state index contributed by atoms with van der Waals surface area (Å²) >= 11 is 10.5. The zero-order valence-corrected chi connectivity index (χ0v) is 10.7. The highest BCUT2D eigenvalue weighted by Crippen LogP contribution is 1.93. The Hall–Kier alpha value is -0.160. The second-order valence-electron chi connectivity index (χ2n) is 2.66. The van der Waals surface area contributed by atoms with Gasteiger partial charge in [-0.2, -0.15) is 0 Å². The smallest absolute Gasteiger partial charge is 0.155 e. The van der Waals surface area contributed by atoms with Crippen LogP contribution in [0.25, 0.3) is 0 Å². The predicted molar refractivity (Wildman–Crippen MR) is 61.6 cm³/mol. The highest BCUT2D eigenvalue weighted by molar-refractivity contribution is 6.27. The number of halogens is 2. The van der Waals surface area contributed by atoms with E-state index in [1.807, 2.05) is 6.92 Å². The molecule has 0 rings (SSSR count). The van der Waals surface area contributed by atoms with Crippen LogP contribution in [0.1, 0.15) is 20.8 Å². The summed E-state index contributed by atoms with van der Waals surface area (Å²) in [6, 6.07) is 0. The molecule has 0 aromatic carbocycles. The Kier molecular flexibility index (Phi) is 22.0. The van der Waals surface area contributed by atoms with E-state index in [9.17, 15) is 9.59 Å². The number of hydrogen-bond donors (Lipinski definition) is 2. The lowest BCUT2D eigenvalue weighted by Crippen LogP contribution is -1.93. The van der Waals surface area contributed by atoms with E-state index in [2.05, 4.69) is 0 Å². The molecule has 0 heterocycles. The number of aliphatic hydroxyl groups excluding tert-OH is 2. The topological polar surface area (TPSA) is 74.6 Å². The van der Waals surface area contributed by atoms with Gasteiger partial charge in [0.15, 0.2) is 11.6 Å². The Balaban J connectivity index is -0.000000144. The summed E-state index contributed by atoms with van der Waals surface area (Å²) in [6.07, 6.45) is 0. The van der Waals surface area contributed by atoms with Gasteiger partial charge < -0.3 is 10.2 Å². The van der Waals surface area contributed by atoms with Gasteiger partial charge in [0, 0.05) is 11.3 Å². The summed E-state index contributed by atoms with van der Waals surface area (Å²) in [7, 11) is 0. The molecule has 1 unspecified atom stereocenters. The lowest BCUT2D eigenvalue weighted by molar-refractivity contribution is -0.120. The molecule has 0 saturated carbocycles. The fraction of sp³-hybridized carbons (Fsp3) is 0.778. The fourth-order valence-electron chi connectivity index (χ4n) is 0.